The number of carbonyl (C=O) groups excluding carboxylic acids is 12. The SMILES string of the molecule is CC(C)C1=NN=C(NN=C2C(=O)OC3(CCCCC3)OC2=O)C1.CC(C)C1=NN=C(NN=C2C(=O)OC3(CCCCC3)OC2=O)C1.CSC1=NNC(=NN=C2C(=O)OC3(CCCCC3)OC2=O)C1.CSC1=NNC(=NN=C2C(=O)OC3(CCCCC3)OC2=O)C1.O=C1OC2(CCCCC2)OC(=O)C1=NNC1=NN=C(Cc2ccccc2)C1.O=C1OC2(CCCCC2)OC(=O)C1=NNC1=NN=C(Cc2ccccc2)C1.[Ni+2].[Ni+2].[Ni+2]. The largest absolute Gasteiger partial charge is 2.00 e. The van der Waals surface area contributed by atoms with Gasteiger partial charge in [0.25, 0.3) is 69.0 Å². The molecule has 0 aromatic heterocycles. The van der Waals surface area contributed by atoms with Crippen LogP contribution in [0.25, 0.3) is 0 Å². The van der Waals surface area contributed by atoms with Gasteiger partial charge >= 0.3 is 121 Å². The van der Waals surface area contributed by atoms with Crippen molar-refractivity contribution in [2.24, 2.45) is 104 Å². The first-order valence-corrected chi connectivity index (χ1v) is 50.7. The summed E-state index contributed by atoms with van der Waals surface area (Å²) in [4.78, 5) is 145. The average Bonchev–Trinajstić information content (AvgIpc) is 1.52. The third-order valence-corrected chi connectivity index (χ3v) is 26.7. The van der Waals surface area contributed by atoms with Gasteiger partial charge in [0.15, 0.2) is 35.0 Å². The van der Waals surface area contributed by atoms with Crippen LogP contribution in [-0.2, 0) is 177 Å². The van der Waals surface area contributed by atoms with Crippen molar-refractivity contribution >= 4 is 197 Å². The normalized spacial score (nSPS) is 22.8. The molecule has 147 heavy (non-hydrogen) atoms. The van der Waals surface area contributed by atoms with E-state index >= 15 is 0 Å². The van der Waals surface area contributed by atoms with E-state index in [0.29, 0.717) is 163 Å². The van der Waals surface area contributed by atoms with E-state index in [-0.39, 0.29) is 72.7 Å². The van der Waals surface area contributed by atoms with Crippen molar-refractivity contribution in [3.63, 3.8) is 0 Å². The second-order valence-electron chi connectivity index (χ2n) is 36.8. The molecule has 6 saturated heterocycles. The number of esters is 12. The standard InChI is InChI=1S/2C19H20N4O4.2C15H20N4O4.2C13H16N4O4S.3Ni/c2*24-17-16(18(25)27-19(26-17)9-5-2-6-10-19)23-22-15-12-14(20-21-15)11-13-7-3-1-4-8-13;2*1-9(2)10-8-11(17-16-10)18-19-12-13(20)22-15(23-14(12)21)6-4-3-5-7-15;2*1-22-9-7-8(14-16-9)15-17-10-11(18)20-13(21-12(10)19)5-3-2-4-6-13;;;/h2*1,3-4,7-8H,2,5-6,9-12H2,(H,21,22);2*9H,3-8H2,1-2H3,(H,17,18);2*2-7H2,1H3,(H,14,15);;;/q;;;;;;3*+2. The van der Waals surface area contributed by atoms with Gasteiger partial charge in [-0.3, -0.25) is 32.6 Å². The molecule has 0 bridgehead atoms. The van der Waals surface area contributed by atoms with Crippen LogP contribution in [0.4, 0.5) is 0 Å². The summed E-state index contributed by atoms with van der Waals surface area (Å²) in [6.45, 7) is 8.07. The minimum absolute atomic E-state index is 0. The van der Waals surface area contributed by atoms with E-state index in [2.05, 4.69) is 124 Å². The second-order valence-corrected chi connectivity index (χ2v) is 38.6. The third kappa shape index (κ3) is 30.2. The maximum absolute atomic E-state index is 12.2. The third-order valence-electron chi connectivity index (χ3n) is 25.3. The molecule has 53 heteroatoms. The Morgan fingerprint density at radius 3 is 0.714 bits per heavy atom. The van der Waals surface area contributed by atoms with Gasteiger partial charge < -0.3 is 56.8 Å². The van der Waals surface area contributed by atoms with Gasteiger partial charge in [0.05, 0.1) is 35.7 Å². The van der Waals surface area contributed by atoms with Crippen LogP contribution in [0, 0.1) is 11.8 Å². The van der Waals surface area contributed by atoms with Gasteiger partial charge in [0.1, 0.15) is 10.1 Å². The fraction of sp³-hybridized carbons (Fsp3) is 0.553. The molecule has 788 valence electrons. The predicted molar refractivity (Wildman–Crippen MR) is 525 cm³/mol. The van der Waals surface area contributed by atoms with Gasteiger partial charge in [0, 0.05) is 116 Å². The molecule has 0 atom stereocenters. The van der Waals surface area contributed by atoms with Crippen molar-refractivity contribution in [2.45, 2.75) is 306 Å². The number of hydrogen-bond donors (Lipinski definition) is 6. The van der Waals surface area contributed by atoms with Crippen molar-refractivity contribution in [1.82, 2.24) is 32.6 Å². The van der Waals surface area contributed by atoms with E-state index in [0.717, 1.165) is 160 Å². The summed E-state index contributed by atoms with van der Waals surface area (Å²) in [6.07, 6.45) is 31.3. The molecule has 6 aliphatic carbocycles. The molecule has 12 heterocycles. The molecule has 20 rings (SSSR count). The van der Waals surface area contributed by atoms with Crippen molar-refractivity contribution in [3.8, 4) is 0 Å². The summed E-state index contributed by atoms with van der Waals surface area (Å²) in [5.41, 5.74) is 19.3. The number of nitrogens with zero attached hydrogens (tertiary/aromatic N) is 18. The van der Waals surface area contributed by atoms with Gasteiger partial charge in [-0.1, -0.05) is 127 Å². The Hall–Kier alpha value is -12.9. The summed E-state index contributed by atoms with van der Waals surface area (Å²) in [5.74, 6) is -12.3. The van der Waals surface area contributed by atoms with Crippen LogP contribution in [0.3, 0.4) is 0 Å². The smallest absolute Gasteiger partial charge is 0.417 e. The van der Waals surface area contributed by atoms with E-state index in [1.807, 2.05) is 101 Å². The summed E-state index contributed by atoms with van der Waals surface area (Å²) in [7, 11) is 0. The first kappa shape index (κ1) is 113. The van der Waals surface area contributed by atoms with Crippen molar-refractivity contribution in [3.05, 3.63) is 71.8 Å². The summed E-state index contributed by atoms with van der Waals surface area (Å²) in [6, 6.07) is 19.9. The van der Waals surface area contributed by atoms with Gasteiger partial charge in [0.2, 0.25) is 0 Å². The van der Waals surface area contributed by atoms with Gasteiger partial charge in [-0.05, 0) is 113 Å². The Labute approximate surface area is 882 Å². The zero-order chi connectivity index (χ0) is 101. The summed E-state index contributed by atoms with van der Waals surface area (Å²) >= 11 is 2.98. The van der Waals surface area contributed by atoms with E-state index in [1.54, 1.807) is 0 Å². The van der Waals surface area contributed by atoms with Gasteiger partial charge in [-0.15, -0.1) is 64.3 Å². The van der Waals surface area contributed by atoms with Crippen molar-refractivity contribution in [1.29, 1.82) is 0 Å². The Kier molecular flexibility index (Phi) is 40.0. The maximum atomic E-state index is 12.2. The Morgan fingerprint density at radius 2 is 0.503 bits per heavy atom. The van der Waals surface area contributed by atoms with E-state index in [9.17, 15) is 57.5 Å². The maximum Gasteiger partial charge on any atom is 2.00 e. The van der Waals surface area contributed by atoms with Crippen molar-refractivity contribution < 1.29 is 164 Å². The molecular weight excluding hydrogens is 2090 g/mol. The molecule has 0 unspecified atom stereocenters. The van der Waals surface area contributed by atoms with Crippen LogP contribution < -0.4 is 32.6 Å². The number of nitrogens with one attached hydrogen (secondary N) is 6. The minimum Gasteiger partial charge on any atom is -0.417 e. The van der Waals surface area contributed by atoms with Crippen LogP contribution >= 0.6 is 23.5 Å². The number of rotatable bonds is 12. The Bertz CT molecular complexity index is 5450. The van der Waals surface area contributed by atoms with Gasteiger partial charge in [-0.2, -0.15) is 51.0 Å². The number of amidine groups is 6. The van der Waals surface area contributed by atoms with Gasteiger partial charge in [-0.25, -0.2) is 57.5 Å². The first-order valence-electron chi connectivity index (χ1n) is 48.2. The minimum atomic E-state index is -1.11. The molecular formula is C94H112N24Ni3O24S2+6. The molecule has 6 N–H and O–H groups in total. The monoisotopic (exact) mass is 2200 g/mol. The Balaban J connectivity index is 0.000000156. The molecule has 18 aliphatic rings. The Morgan fingerprint density at radius 1 is 0.286 bits per heavy atom. The number of thioether (sulfide) groups is 2. The summed E-state index contributed by atoms with van der Waals surface area (Å²) in [5, 5.41) is 72.3. The predicted octanol–water partition coefficient (Wildman–Crippen LogP) is 9.53. The molecule has 0 radical (unpaired) electrons. The zero-order valence-corrected chi connectivity index (χ0v) is 86.0. The number of hydrogen-bond acceptors (Lipinski definition) is 48. The molecule has 6 spiro atoms. The fourth-order valence-corrected chi connectivity index (χ4v) is 18.4. The number of carbonyl (C=O) groups is 12. The first-order chi connectivity index (χ1) is 69.5. The van der Waals surface area contributed by atoms with Crippen LogP contribution in [0.5, 0.6) is 0 Å². The molecule has 0 amide bonds. The molecule has 48 nitrogen and oxygen atoms in total. The molecule has 2 aromatic carbocycles. The molecule has 12 fully saturated rings. The topological polar surface area (TPSA) is 610 Å². The number of ether oxygens (including phenoxy) is 12. The van der Waals surface area contributed by atoms with Crippen LogP contribution in [0.1, 0.15) is 270 Å². The number of benzene rings is 2. The van der Waals surface area contributed by atoms with E-state index < -0.39 is 129 Å². The zero-order valence-electron chi connectivity index (χ0n) is 81.4. The van der Waals surface area contributed by atoms with E-state index in [1.165, 1.54) is 23.5 Å². The van der Waals surface area contributed by atoms with Crippen LogP contribution in [0.2, 0.25) is 0 Å². The average molecular weight is 2200 g/mol. The molecule has 12 aliphatic heterocycles. The van der Waals surface area contributed by atoms with Crippen molar-refractivity contribution in [2.75, 3.05) is 12.5 Å². The quantitative estimate of drug-likeness (QED) is 0.0498. The molecule has 2 aromatic rings. The van der Waals surface area contributed by atoms with E-state index in [4.69, 9.17) is 56.8 Å². The number of hydrazone groups is 6. The van der Waals surface area contributed by atoms with Crippen LogP contribution in [-0.4, -0.2) is 221 Å². The molecule has 6 saturated carbocycles. The summed E-state index contributed by atoms with van der Waals surface area (Å²) < 4.78 is 64.3. The second kappa shape index (κ2) is 52.1. The fourth-order valence-electron chi connectivity index (χ4n) is 17.5. The van der Waals surface area contributed by atoms with Crippen LogP contribution in [0.15, 0.2) is 152 Å².